The van der Waals surface area contributed by atoms with E-state index in [2.05, 4.69) is 11.0 Å². The van der Waals surface area contributed by atoms with Gasteiger partial charge in [-0.2, -0.15) is 8.42 Å². The summed E-state index contributed by atoms with van der Waals surface area (Å²) in [4.78, 5) is 13.1. The van der Waals surface area contributed by atoms with Crippen LogP contribution in [0.5, 0.6) is 11.5 Å². The lowest BCUT2D eigenvalue weighted by atomic mass is 9.71. The van der Waals surface area contributed by atoms with Crippen LogP contribution in [-0.2, 0) is 31.6 Å². The average molecular weight is 407 g/mol. The van der Waals surface area contributed by atoms with Crippen molar-refractivity contribution >= 4 is 16.1 Å². The molecule has 0 unspecified atom stereocenters. The van der Waals surface area contributed by atoms with Crippen LogP contribution in [0.25, 0.3) is 0 Å². The molecule has 1 aliphatic carbocycles. The minimum absolute atomic E-state index is 0.0994. The van der Waals surface area contributed by atoms with E-state index in [0.717, 1.165) is 29.8 Å². The minimum atomic E-state index is -4.38. The second-order valence-corrected chi connectivity index (χ2v) is 8.78. The van der Waals surface area contributed by atoms with Crippen molar-refractivity contribution < 1.29 is 32.3 Å². The predicted octanol–water partition coefficient (Wildman–Crippen LogP) is 1.15. The smallest absolute Gasteiger partial charge is 0.322 e. The van der Waals surface area contributed by atoms with Crippen LogP contribution in [0.1, 0.15) is 17.5 Å². The molecule has 3 aliphatic rings. The lowest BCUT2D eigenvalue weighted by Crippen LogP contribution is -2.51. The number of ether oxygens (including phenoxy) is 1. The Hall–Kier alpha value is -2.36. The van der Waals surface area contributed by atoms with Gasteiger partial charge in [-0.1, -0.05) is 18.2 Å². The van der Waals surface area contributed by atoms with E-state index in [0.29, 0.717) is 12.8 Å². The highest BCUT2D eigenvalue weighted by molar-refractivity contribution is 7.87. The summed E-state index contributed by atoms with van der Waals surface area (Å²) in [5.74, 6) is -3.29. The van der Waals surface area contributed by atoms with Crippen LogP contribution < -0.4 is 4.18 Å². The van der Waals surface area contributed by atoms with Crippen molar-refractivity contribution in [3.05, 3.63) is 47.1 Å². The predicted molar refractivity (Wildman–Crippen MR) is 99.7 cm³/mol. The molecule has 2 heterocycles. The van der Waals surface area contributed by atoms with Crippen LogP contribution in [0.4, 0.5) is 0 Å². The van der Waals surface area contributed by atoms with Gasteiger partial charge in [-0.25, -0.2) is 0 Å². The van der Waals surface area contributed by atoms with Crippen LogP contribution in [0.15, 0.2) is 35.9 Å². The number of methoxy groups -OCH3 is 1. The molecule has 9 heteroatoms. The Morgan fingerprint density at radius 1 is 1.39 bits per heavy atom. The highest BCUT2D eigenvalue weighted by atomic mass is 32.2. The Morgan fingerprint density at radius 2 is 2.18 bits per heavy atom. The normalized spacial score (nSPS) is 26.2. The Kier molecular flexibility index (Phi) is 4.48. The molecule has 0 bridgehead atoms. The van der Waals surface area contributed by atoms with E-state index in [-0.39, 0.29) is 17.6 Å². The molecule has 2 aliphatic heterocycles. The van der Waals surface area contributed by atoms with E-state index in [1.54, 1.807) is 7.11 Å². The fourth-order valence-electron chi connectivity index (χ4n) is 4.46. The number of aliphatic carboxylic acids is 1. The van der Waals surface area contributed by atoms with Gasteiger partial charge in [-0.05, 0) is 35.3 Å². The molecule has 8 nitrogen and oxygen atoms in total. The number of hydrogen-bond donors (Lipinski definition) is 2. The molecular formula is C19H21NO7S. The number of carboxylic acids is 1. The quantitative estimate of drug-likeness (QED) is 0.699. The highest BCUT2D eigenvalue weighted by Crippen LogP contribution is 2.52. The zero-order valence-electron chi connectivity index (χ0n) is 15.3. The van der Waals surface area contributed by atoms with Gasteiger partial charge in [-0.15, -0.1) is 0 Å². The summed E-state index contributed by atoms with van der Waals surface area (Å²) in [6.07, 6.45) is 7.44. The van der Waals surface area contributed by atoms with Crippen molar-refractivity contribution in [1.29, 1.82) is 0 Å². The van der Waals surface area contributed by atoms with Crippen LogP contribution in [-0.4, -0.2) is 61.6 Å². The number of phenols is 1. The first-order chi connectivity index (χ1) is 13.2. The monoisotopic (exact) mass is 407 g/mol. The molecule has 2 atom stereocenters. The van der Waals surface area contributed by atoms with E-state index in [4.69, 9.17) is 14.0 Å². The third-order valence-electron chi connectivity index (χ3n) is 5.64. The lowest BCUT2D eigenvalue weighted by Gasteiger charge is -2.48. The Labute approximate surface area is 162 Å². The van der Waals surface area contributed by atoms with Crippen molar-refractivity contribution in [3.63, 3.8) is 0 Å². The van der Waals surface area contributed by atoms with Crippen molar-refractivity contribution in [2.24, 2.45) is 0 Å². The molecule has 0 saturated heterocycles. The van der Waals surface area contributed by atoms with Gasteiger partial charge in [-0.3, -0.25) is 9.69 Å². The average Bonchev–Trinajstić information content (AvgIpc) is 3.00. The first-order valence-corrected chi connectivity index (χ1v) is 10.5. The zero-order valence-corrected chi connectivity index (χ0v) is 16.1. The Balaban J connectivity index is 1.81. The first kappa shape index (κ1) is 19.0. The van der Waals surface area contributed by atoms with Gasteiger partial charge in [0.25, 0.3) is 0 Å². The maximum Gasteiger partial charge on any atom is 0.322 e. The number of fused-ring (bicyclic) bond motifs is 1. The van der Waals surface area contributed by atoms with E-state index < -0.39 is 27.4 Å². The summed E-state index contributed by atoms with van der Waals surface area (Å²) >= 11 is 0. The number of rotatable bonds is 5. The first-order valence-electron chi connectivity index (χ1n) is 8.92. The van der Waals surface area contributed by atoms with Crippen LogP contribution in [0.2, 0.25) is 0 Å². The van der Waals surface area contributed by atoms with Crippen molar-refractivity contribution in [3.8, 4) is 11.5 Å². The molecule has 0 fully saturated rings. The Bertz CT molecular complexity index is 998. The molecule has 0 saturated carbocycles. The second-order valence-electron chi connectivity index (χ2n) is 7.21. The molecule has 0 radical (unpaired) electrons. The number of nitrogens with zero attached hydrogens (tertiary/aromatic N) is 1. The molecule has 1 spiro atoms. The van der Waals surface area contributed by atoms with Crippen LogP contribution in [0, 0.1) is 0 Å². The number of carboxylic acid groups (broad SMARTS) is 1. The summed E-state index contributed by atoms with van der Waals surface area (Å²) in [5.41, 5.74) is 2.39. The fraction of sp³-hybridized carbons (Fsp3) is 0.421. The van der Waals surface area contributed by atoms with Crippen LogP contribution in [0.3, 0.4) is 0 Å². The molecular weight excluding hydrogens is 386 g/mol. The standard InChI is InChI=1S/C19H21NO7S/c1-26-14-3-2-13-5-7-20-6-4-12-8-16(21)17(9-15(12)19(13,20)10-14)27-28(24,25)11-18(22)23/h2-3,5,8-9,14,21H,4,6-7,10-11H2,1H3,(H,22,23)/t14-,19+/m1/s1. The minimum Gasteiger partial charge on any atom is -0.504 e. The largest absolute Gasteiger partial charge is 0.504 e. The maximum atomic E-state index is 12.0. The van der Waals surface area contributed by atoms with E-state index >= 15 is 0 Å². The van der Waals surface area contributed by atoms with Crippen molar-refractivity contribution in [1.82, 2.24) is 4.90 Å². The lowest BCUT2D eigenvalue weighted by molar-refractivity contribution is -0.134. The fourth-order valence-corrected chi connectivity index (χ4v) is 5.23. The molecule has 1 aromatic rings. The Morgan fingerprint density at radius 3 is 2.89 bits per heavy atom. The molecule has 1 aromatic carbocycles. The van der Waals surface area contributed by atoms with Gasteiger partial charge in [0.05, 0.1) is 11.6 Å². The molecule has 0 amide bonds. The molecule has 0 aromatic heterocycles. The zero-order chi connectivity index (χ0) is 20.1. The van der Waals surface area contributed by atoms with Gasteiger partial charge < -0.3 is 19.1 Å². The number of benzene rings is 1. The second kappa shape index (κ2) is 6.61. The van der Waals surface area contributed by atoms with Gasteiger partial charge in [0.2, 0.25) is 0 Å². The van der Waals surface area contributed by atoms with E-state index in [1.165, 1.54) is 12.1 Å². The topological polar surface area (TPSA) is 113 Å². The SMILES string of the molecule is CO[C@@H]1C=CC2=CCN3CCc4cc(O)c(OS(=O)(=O)CC(=O)O)cc4[C@]23C1. The van der Waals surface area contributed by atoms with Crippen LogP contribution >= 0.6 is 0 Å². The van der Waals surface area contributed by atoms with Crippen molar-refractivity contribution in [2.45, 2.75) is 24.5 Å². The summed E-state index contributed by atoms with van der Waals surface area (Å²) < 4.78 is 34.4. The maximum absolute atomic E-state index is 12.0. The number of hydrogen-bond acceptors (Lipinski definition) is 7. The van der Waals surface area contributed by atoms with Crippen molar-refractivity contribution in [2.75, 3.05) is 26.0 Å². The third-order valence-corrected chi connectivity index (χ3v) is 6.67. The number of aromatic hydroxyl groups is 1. The molecule has 2 N–H and O–H groups in total. The van der Waals surface area contributed by atoms with Gasteiger partial charge in [0, 0.05) is 26.6 Å². The van der Waals surface area contributed by atoms with Gasteiger partial charge >= 0.3 is 16.1 Å². The summed E-state index contributed by atoms with van der Waals surface area (Å²) in [6, 6.07) is 3.05. The molecule has 4 rings (SSSR count). The number of carbonyl (C=O) groups is 1. The van der Waals surface area contributed by atoms with Gasteiger partial charge in [0.15, 0.2) is 17.3 Å². The third kappa shape index (κ3) is 2.99. The number of phenolic OH excluding ortho intramolecular Hbond substituents is 1. The molecule has 28 heavy (non-hydrogen) atoms. The summed E-state index contributed by atoms with van der Waals surface area (Å²) in [5, 5.41) is 19.1. The molecule has 150 valence electrons. The summed E-state index contributed by atoms with van der Waals surface area (Å²) in [6.45, 7) is 1.57. The summed E-state index contributed by atoms with van der Waals surface area (Å²) in [7, 11) is -2.73. The van der Waals surface area contributed by atoms with Gasteiger partial charge in [0.1, 0.15) is 0 Å². The van der Waals surface area contributed by atoms with E-state index in [1.807, 2.05) is 12.2 Å². The highest BCUT2D eigenvalue weighted by Gasteiger charge is 2.50. The van der Waals surface area contributed by atoms with E-state index in [9.17, 15) is 18.3 Å².